The molecule has 6 nitrogen and oxygen atoms in total. The number of aryl methyl sites for hydroxylation is 2. The molecule has 1 aliphatic rings. The summed E-state index contributed by atoms with van der Waals surface area (Å²) in [4.78, 5) is 24.6. The Labute approximate surface area is 163 Å². The molecule has 3 rings (SSSR count). The fourth-order valence-corrected chi connectivity index (χ4v) is 2.90. The summed E-state index contributed by atoms with van der Waals surface area (Å²) in [6.45, 7) is 3.75. The number of nitriles is 1. The molecule has 1 fully saturated rings. The van der Waals surface area contributed by atoms with E-state index >= 15 is 0 Å². The van der Waals surface area contributed by atoms with E-state index in [1.165, 1.54) is 0 Å². The minimum atomic E-state index is -0.709. The number of hydrogen-bond acceptors (Lipinski definition) is 6. The summed E-state index contributed by atoms with van der Waals surface area (Å²) >= 11 is 0. The number of rotatable bonds is 5. The Morgan fingerprint density at radius 3 is 2.07 bits per heavy atom. The fourth-order valence-electron chi connectivity index (χ4n) is 2.90. The minimum absolute atomic E-state index is 0.100. The second-order valence-electron chi connectivity index (χ2n) is 6.80. The van der Waals surface area contributed by atoms with Crippen LogP contribution in [0.25, 0.3) is 0 Å². The number of esters is 2. The van der Waals surface area contributed by atoms with Gasteiger partial charge in [-0.15, -0.1) is 0 Å². The van der Waals surface area contributed by atoms with Gasteiger partial charge in [-0.25, -0.2) is 9.59 Å². The van der Waals surface area contributed by atoms with Crippen molar-refractivity contribution < 1.29 is 23.8 Å². The molecule has 0 N–H and O–H groups in total. The molecule has 1 heterocycles. The molecule has 0 spiro atoms. The van der Waals surface area contributed by atoms with E-state index in [0.29, 0.717) is 11.1 Å². The maximum Gasteiger partial charge on any atom is 0.338 e. The Morgan fingerprint density at radius 1 is 1.00 bits per heavy atom. The van der Waals surface area contributed by atoms with E-state index in [2.05, 4.69) is 0 Å². The van der Waals surface area contributed by atoms with Crippen LogP contribution in [0, 0.1) is 25.2 Å². The van der Waals surface area contributed by atoms with Gasteiger partial charge < -0.3 is 14.2 Å². The molecule has 1 aliphatic heterocycles. The average Bonchev–Trinajstić information content (AvgIpc) is 3.09. The zero-order chi connectivity index (χ0) is 20.1. The van der Waals surface area contributed by atoms with Crippen molar-refractivity contribution in [3.8, 4) is 6.07 Å². The molecule has 0 bridgehead atoms. The topological polar surface area (TPSA) is 85.6 Å². The lowest BCUT2D eigenvalue weighted by atomic mass is 10.1. The zero-order valence-corrected chi connectivity index (χ0v) is 15.8. The molecule has 0 amide bonds. The fraction of sp³-hybridized carbons (Fsp3) is 0.318. The first kappa shape index (κ1) is 19.6. The number of carbonyl (C=O) groups excluding carboxylic acids is 2. The van der Waals surface area contributed by atoms with E-state index in [9.17, 15) is 9.59 Å². The van der Waals surface area contributed by atoms with E-state index in [1.54, 1.807) is 24.3 Å². The molecule has 1 saturated heterocycles. The van der Waals surface area contributed by atoms with Crippen molar-refractivity contribution in [3.05, 3.63) is 70.8 Å². The molecule has 6 heteroatoms. The Morgan fingerprint density at radius 2 is 1.54 bits per heavy atom. The van der Waals surface area contributed by atoms with Gasteiger partial charge >= 0.3 is 11.9 Å². The molecule has 3 atom stereocenters. The summed E-state index contributed by atoms with van der Waals surface area (Å²) in [7, 11) is 0. The van der Waals surface area contributed by atoms with E-state index in [-0.39, 0.29) is 13.0 Å². The number of nitrogens with zero attached hydrogens (tertiary/aromatic N) is 1. The van der Waals surface area contributed by atoms with Gasteiger partial charge in [-0.3, -0.25) is 0 Å². The quantitative estimate of drug-likeness (QED) is 0.741. The van der Waals surface area contributed by atoms with Crippen LogP contribution in [-0.2, 0) is 14.2 Å². The van der Waals surface area contributed by atoms with Gasteiger partial charge in [0, 0.05) is 6.42 Å². The number of benzene rings is 2. The van der Waals surface area contributed by atoms with Crippen LogP contribution in [0.5, 0.6) is 0 Å². The van der Waals surface area contributed by atoms with Gasteiger partial charge in [-0.1, -0.05) is 35.4 Å². The smallest absolute Gasteiger partial charge is 0.338 e. The highest BCUT2D eigenvalue weighted by atomic mass is 16.6. The van der Waals surface area contributed by atoms with Crippen molar-refractivity contribution in [1.82, 2.24) is 0 Å². The van der Waals surface area contributed by atoms with E-state index in [4.69, 9.17) is 19.5 Å². The van der Waals surface area contributed by atoms with Crippen LogP contribution >= 0.6 is 0 Å². The monoisotopic (exact) mass is 379 g/mol. The zero-order valence-electron chi connectivity index (χ0n) is 15.8. The SMILES string of the molecule is Cc1ccc(C(=O)OC[C@H]2O[C@@H](C#N)C[C@H]2OC(=O)c2ccc(C)cc2)cc1. The molecular formula is C22H21NO5. The third-order valence-electron chi connectivity index (χ3n) is 4.56. The molecule has 0 saturated carbocycles. The van der Waals surface area contributed by atoms with Gasteiger partial charge in [0.25, 0.3) is 0 Å². The van der Waals surface area contributed by atoms with Crippen LogP contribution in [0.3, 0.4) is 0 Å². The highest BCUT2D eigenvalue weighted by Gasteiger charge is 2.39. The molecule has 28 heavy (non-hydrogen) atoms. The van der Waals surface area contributed by atoms with E-state index < -0.39 is 30.3 Å². The van der Waals surface area contributed by atoms with Crippen LogP contribution in [-0.4, -0.2) is 36.9 Å². The van der Waals surface area contributed by atoms with Crippen LogP contribution in [0.4, 0.5) is 0 Å². The molecule has 2 aromatic carbocycles. The van der Waals surface area contributed by atoms with Crippen LogP contribution in [0.15, 0.2) is 48.5 Å². The molecule has 0 aliphatic carbocycles. The lowest BCUT2D eigenvalue weighted by Crippen LogP contribution is -2.32. The van der Waals surface area contributed by atoms with Crippen LogP contribution in [0.2, 0.25) is 0 Å². The van der Waals surface area contributed by atoms with Gasteiger partial charge in [0.05, 0.1) is 17.2 Å². The van der Waals surface area contributed by atoms with Gasteiger partial charge in [0.1, 0.15) is 24.9 Å². The summed E-state index contributed by atoms with van der Waals surface area (Å²) in [6, 6.07) is 16.0. The van der Waals surface area contributed by atoms with Crippen molar-refractivity contribution >= 4 is 11.9 Å². The Kier molecular flexibility index (Phi) is 6.07. The van der Waals surface area contributed by atoms with Gasteiger partial charge in [-0.2, -0.15) is 5.26 Å². The summed E-state index contributed by atoms with van der Waals surface area (Å²) in [5.41, 5.74) is 2.91. The van der Waals surface area contributed by atoms with Crippen molar-refractivity contribution in [1.29, 1.82) is 5.26 Å². The lowest BCUT2D eigenvalue weighted by Gasteiger charge is -2.19. The van der Waals surface area contributed by atoms with Crippen molar-refractivity contribution in [3.63, 3.8) is 0 Å². The second-order valence-corrected chi connectivity index (χ2v) is 6.80. The van der Waals surface area contributed by atoms with Crippen molar-refractivity contribution in [2.75, 3.05) is 6.61 Å². The summed E-state index contributed by atoms with van der Waals surface area (Å²) < 4.78 is 16.4. The van der Waals surface area contributed by atoms with Crippen LogP contribution in [0.1, 0.15) is 38.3 Å². The molecule has 2 aromatic rings. The molecule has 144 valence electrons. The Bertz CT molecular complexity index is 883. The van der Waals surface area contributed by atoms with Crippen molar-refractivity contribution in [2.24, 2.45) is 0 Å². The minimum Gasteiger partial charge on any atom is -0.459 e. The second kappa shape index (κ2) is 8.68. The number of carbonyl (C=O) groups is 2. The third-order valence-corrected chi connectivity index (χ3v) is 4.56. The highest BCUT2D eigenvalue weighted by molar-refractivity contribution is 5.90. The predicted molar refractivity (Wildman–Crippen MR) is 101 cm³/mol. The first-order valence-electron chi connectivity index (χ1n) is 9.03. The van der Waals surface area contributed by atoms with Gasteiger partial charge in [0.2, 0.25) is 0 Å². The maximum absolute atomic E-state index is 12.4. The average molecular weight is 379 g/mol. The Balaban J connectivity index is 1.62. The highest BCUT2D eigenvalue weighted by Crippen LogP contribution is 2.25. The lowest BCUT2D eigenvalue weighted by molar-refractivity contribution is -0.0350. The standard InChI is InChI=1S/C22H21NO5/c1-14-3-7-16(8-4-14)21(24)26-13-20-19(11-18(12-23)27-20)28-22(25)17-9-5-15(2)6-10-17/h3-10,18-20H,11,13H2,1-2H3/t18-,19-,20-/m1/s1. The summed E-state index contributed by atoms with van der Waals surface area (Å²) in [6.07, 6.45) is -1.82. The summed E-state index contributed by atoms with van der Waals surface area (Å²) in [5.74, 6) is -0.991. The largest absolute Gasteiger partial charge is 0.459 e. The first-order valence-corrected chi connectivity index (χ1v) is 9.03. The predicted octanol–water partition coefficient (Wildman–Crippen LogP) is 3.37. The molecular weight excluding hydrogens is 358 g/mol. The number of ether oxygens (including phenoxy) is 3. The van der Waals surface area contributed by atoms with Gasteiger partial charge in [-0.05, 0) is 38.1 Å². The van der Waals surface area contributed by atoms with Gasteiger partial charge in [0.15, 0.2) is 0 Å². The third kappa shape index (κ3) is 4.76. The van der Waals surface area contributed by atoms with Crippen molar-refractivity contribution in [2.45, 2.75) is 38.6 Å². The first-order chi connectivity index (χ1) is 13.5. The van der Waals surface area contributed by atoms with Crippen LogP contribution < -0.4 is 0 Å². The molecule has 0 aromatic heterocycles. The molecule has 0 radical (unpaired) electrons. The summed E-state index contributed by atoms with van der Waals surface area (Å²) in [5, 5.41) is 9.14. The molecule has 0 unspecified atom stereocenters. The number of hydrogen-bond donors (Lipinski definition) is 0. The Hall–Kier alpha value is -3.17. The normalized spacial score (nSPS) is 21.0. The maximum atomic E-state index is 12.4. The van der Waals surface area contributed by atoms with E-state index in [1.807, 2.05) is 44.2 Å². The van der Waals surface area contributed by atoms with E-state index in [0.717, 1.165) is 11.1 Å².